The summed E-state index contributed by atoms with van der Waals surface area (Å²) in [7, 11) is 3.47. The Morgan fingerprint density at radius 3 is 1.16 bits per heavy atom. The fourth-order valence-electron chi connectivity index (χ4n) is 19.7. The zero-order valence-electron chi connectivity index (χ0n) is 70.9. The summed E-state index contributed by atoms with van der Waals surface area (Å²) < 4.78 is 15.9. The van der Waals surface area contributed by atoms with Crippen LogP contribution in [0.5, 0.6) is 17.2 Å². The highest BCUT2D eigenvalue weighted by Crippen LogP contribution is 2.52. The van der Waals surface area contributed by atoms with E-state index in [9.17, 15) is 9.59 Å². The molecule has 0 aliphatic heterocycles. The summed E-state index contributed by atoms with van der Waals surface area (Å²) in [6, 6.07) is 72.0. The van der Waals surface area contributed by atoms with Gasteiger partial charge in [-0.2, -0.15) is 0 Å². The normalized spacial score (nSPS) is 25.4. The lowest BCUT2D eigenvalue weighted by molar-refractivity contribution is -0.131. The number of esters is 1. The molecule has 0 amide bonds. The summed E-state index contributed by atoms with van der Waals surface area (Å²) in [5.41, 5.74) is 26.6. The van der Waals surface area contributed by atoms with E-state index in [4.69, 9.17) is 14.2 Å². The lowest BCUT2D eigenvalue weighted by atomic mass is 9.91. The number of carbonyl (C=O) groups is 2. The van der Waals surface area contributed by atoms with Crippen molar-refractivity contribution in [1.82, 2.24) is 0 Å². The van der Waals surface area contributed by atoms with Crippen molar-refractivity contribution in [2.75, 3.05) is 14.2 Å². The standard InChI is InChI=1S/C16H16O2.C15H16O.C14H18O.C14H14.C12H16O.2C12H16.C11H14/c1-9-10(2)13-7-8-15(18-11(3)17)14-6-4-5-12(9)16(13)14;1-9-10(2)12-7-8-14(16-3)13-6-4-5-11(9)15(12)13;1-9-6-13-5-4-12(7-10(2)15)8-14(13)11(9)3;1-9-10(2)13-8-4-6-11-5-3-7-12(9)14(11)13;1-8-6-10-7-11(13-3)4-5-12(10)9(8)2;1-8-4-5-12-10(3)9(2)7-11(12)6-8;1-8-9(2)11-6-4-5-7-12(11)10(8)3;1-8-7-10-5-3-4-6-11(10)9(8)2/h4-10H,1-3H3;4-10H,1-3H3;4-5,8-9,11H,6-7H2,1-3H3;3-10H,1-2H3;4-5,7-9H,6H2,1-3H3;4-6,9-10H,7H2,1-3H3;4-10H,1-3H3;3-6,8-9H,7H2,1-2H3. The van der Waals surface area contributed by atoms with Crippen LogP contribution in [-0.4, -0.2) is 26.0 Å². The van der Waals surface area contributed by atoms with Crippen molar-refractivity contribution in [3.05, 3.63) is 300 Å². The maximum Gasteiger partial charge on any atom is 0.308 e. The Morgan fingerprint density at radius 1 is 0.315 bits per heavy atom. The second-order valence-corrected chi connectivity index (χ2v) is 35.0. The largest absolute Gasteiger partial charge is 0.497 e. The number of hydrogen-bond donors (Lipinski definition) is 0. The number of methoxy groups -OCH3 is 2. The topological polar surface area (TPSA) is 61.8 Å². The molecule has 0 saturated carbocycles. The summed E-state index contributed by atoms with van der Waals surface area (Å²) in [6.07, 6.45) is 5.52. The van der Waals surface area contributed by atoms with Gasteiger partial charge in [-0.3, -0.25) is 9.59 Å². The number of benzene rings is 11. The number of Topliss-reactive ketones (excluding diaryl/α,β-unsaturated/α-hetero) is 1. The van der Waals surface area contributed by atoms with E-state index in [0.717, 1.165) is 70.1 Å². The molecule has 0 heterocycles. The van der Waals surface area contributed by atoms with Crippen LogP contribution in [0, 0.1) is 36.5 Å². The Hall–Kier alpha value is -9.06. The first kappa shape index (κ1) is 81.4. The SMILES string of the molecule is CC(=O)Cc1ccc2c(c1)C(C)C(C)C2.CC(=O)Oc1ccc2c3c(cccc13)C(C)C2C.CC1Cc2ccccc2C1C.CC1c2cccc3cccc(c23)C1C.CC1c2ccccc2C(C)C1C.COc1ccc2c(c1)CC(C)C2C.COc1ccc2c3c(cccc13)C(C)C2C.Cc1ccc2c(c1)CC(C)C2C. The Morgan fingerprint density at radius 2 is 0.694 bits per heavy atom. The van der Waals surface area contributed by atoms with Crippen LogP contribution in [0.3, 0.4) is 0 Å². The second-order valence-electron chi connectivity index (χ2n) is 35.0. The van der Waals surface area contributed by atoms with E-state index in [-0.39, 0.29) is 11.8 Å². The summed E-state index contributed by atoms with van der Waals surface area (Å²) >= 11 is 0. The van der Waals surface area contributed by atoms with Crippen LogP contribution in [0.1, 0.15) is 303 Å². The van der Waals surface area contributed by atoms with Crippen molar-refractivity contribution in [3.63, 3.8) is 0 Å². The maximum absolute atomic E-state index is 11.1. The number of aryl methyl sites for hydroxylation is 1. The molecule has 0 aromatic heterocycles. The number of carbonyl (C=O) groups excluding carboxylic acids is 2. The Bertz CT molecular complexity index is 5050. The Kier molecular flexibility index (Phi) is 25.6. The van der Waals surface area contributed by atoms with Crippen LogP contribution >= 0.6 is 0 Å². The average molecular weight is 1480 g/mol. The summed E-state index contributed by atoms with van der Waals surface area (Å²) in [5.74, 6) is 14.6. The monoisotopic (exact) mass is 1480 g/mol. The maximum atomic E-state index is 11.1. The van der Waals surface area contributed by atoms with Gasteiger partial charge in [0.25, 0.3) is 0 Å². The van der Waals surface area contributed by atoms with Crippen LogP contribution in [0.4, 0.5) is 0 Å². The molecule has 111 heavy (non-hydrogen) atoms. The van der Waals surface area contributed by atoms with Gasteiger partial charge in [-0.25, -0.2) is 0 Å². The molecule has 0 fully saturated rings. The van der Waals surface area contributed by atoms with E-state index in [1.165, 1.54) is 126 Å². The smallest absolute Gasteiger partial charge is 0.308 e. The highest BCUT2D eigenvalue weighted by molar-refractivity contribution is 5.98. The van der Waals surface area contributed by atoms with Gasteiger partial charge in [-0.05, 0) is 281 Å². The fourth-order valence-corrected chi connectivity index (χ4v) is 19.7. The molecule has 8 aliphatic carbocycles. The highest BCUT2D eigenvalue weighted by atomic mass is 16.5. The third kappa shape index (κ3) is 16.9. The third-order valence-electron chi connectivity index (χ3n) is 28.2. The van der Waals surface area contributed by atoms with Crippen molar-refractivity contribution in [2.45, 2.75) is 242 Å². The van der Waals surface area contributed by atoms with Gasteiger partial charge in [0.05, 0.1) is 14.2 Å². The Balaban J connectivity index is 0.000000118. The van der Waals surface area contributed by atoms with E-state index >= 15 is 0 Å². The Labute approximate surface area is 666 Å². The van der Waals surface area contributed by atoms with E-state index in [2.05, 4.69) is 307 Å². The van der Waals surface area contributed by atoms with Gasteiger partial charge >= 0.3 is 5.97 Å². The number of ketones is 1. The molecule has 11 aromatic rings. The molecule has 580 valence electrons. The lowest BCUT2D eigenvalue weighted by Crippen LogP contribution is -2.02. The van der Waals surface area contributed by atoms with Crippen molar-refractivity contribution in [3.8, 4) is 17.2 Å². The second kappa shape index (κ2) is 34.9. The van der Waals surface area contributed by atoms with Crippen LogP contribution < -0.4 is 14.2 Å². The predicted molar refractivity (Wildman–Crippen MR) is 469 cm³/mol. The van der Waals surface area contributed by atoms with E-state index < -0.39 is 0 Å². The molecule has 16 unspecified atom stereocenters. The van der Waals surface area contributed by atoms with E-state index in [0.29, 0.717) is 59.5 Å². The molecule has 0 saturated heterocycles. The van der Waals surface area contributed by atoms with Crippen LogP contribution in [0.2, 0.25) is 0 Å². The molecule has 16 atom stereocenters. The van der Waals surface area contributed by atoms with Gasteiger partial charge in [0.1, 0.15) is 23.0 Å². The van der Waals surface area contributed by atoms with E-state index in [1.807, 2.05) is 18.2 Å². The number of hydrogen-bond acceptors (Lipinski definition) is 5. The summed E-state index contributed by atoms with van der Waals surface area (Å²) in [4.78, 5) is 22.2. The van der Waals surface area contributed by atoms with Crippen molar-refractivity contribution in [2.24, 2.45) is 29.6 Å². The van der Waals surface area contributed by atoms with Gasteiger partial charge in [0.2, 0.25) is 0 Å². The van der Waals surface area contributed by atoms with Gasteiger partial charge in [-0.1, -0.05) is 299 Å². The first-order chi connectivity index (χ1) is 53.1. The zero-order chi connectivity index (χ0) is 79.5. The number of fused-ring (bicyclic) bond motifs is 5. The molecule has 5 nitrogen and oxygen atoms in total. The molecule has 0 spiro atoms. The molecule has 11 aromatic carbocycles. The zero-order valence-corrected chi connectivity index (χ0v) is 70.9. The average Bonchev–Trinajstić information content (AvgIpc) is 1.60. The lowest BCUT2D eigenvalue weighted by Gasteiger charge is -2.13. The molecular weight excluding hydrogens is 1350 g/mol. The highest BCUT2D eigenvalue weighted by Gasteiger charge is 2.35. The summed E-state index contributed by atoms with van der Waals surface area (Å²) in [5, 5.41) is 7.91. The first-order valence-electron chi connectivity index (χ1n) is 42.0. The minimum absolute atomic E-state index is 0.244. The first-order valence-corrected chi connectivity index (χ1v) is 42.0. The van der Waals surface area contributed by atoms with Crippen molar-refractivity contribution >= 4 is 44.1 Å². The van der Waals surface area contributed by atoms with Gasteiger partial charge < -0.3 is 14.2 Å². The van der Waals surface area contributed by atoms with Crippen molar-refractivity contribution < 1.29 is 23.8 Å². The number of rotatable bonds is 5. The predicted octanol–water partition coefficient (Wildman–Crippen LogP) is 28.0. The van der Waals surface area contributed by atoms with Gasteiger partial charge in [-0.15, -0.1) is 0 Å². The molecule has 19 rings (SSSR count). The number of ether oxygens (including phenoxy) is 3. The minimum Gasteiger partial charge on any atom is -0.497 e. The summed E-state index contributed by atoms with van der Waals surface area (Å²) in [6.45, 7) is 44.7. The van der Waals surface area contributed by atoms with Crippen molar-refractivity contribution in [1.29, 1.82) is 0 Å². The molecule has 5 heteroatoms. The molecule has 0 radical (unpaired) electrons. The fraction of sp³-hybridized carbons (Fsp3) is 0.415. The van der Waals surface area contributed by atoms with Gasteiger partial charge in [0.15, 0.2) is 0 Å². The van der Waals surface area contributed by atoms with Gasteiger partial charge in [0, 0.05) is 24.1 Å². The van der Waals surface area contributed by atoms with Crippen LogP contribution in [-0.2, 0) is 41.7 Å². The molecule has 0 bridgehead atoms. The van der Waals surface area contributed by atoms with Crippen LogP contribution in [0.25, 0.3) is 32.3 Å². The molecule has 0 N–H and O–H groups in total. The molecule has 8 aliphatic rings. The van der Waals surface area contributed by atoms with E-state index in [1.54, 1.807) is 54.5 Å². The third-order valence-corrected chi connectivity index (χ3v) is 28.2. The minimum atomic E-state index is -0.269. The molecular formula is C106H126O5. The quantitative estimate of drug-likeness (QED) is 0.127. The van der Waals surface area contributed by atoms with Crippen LogP contribution in [0.15, 0.2) is 200 Å².